The van der Waals surface area contributed by atoms with Crippen LogP contribution in [0, 0.1) is 6.92 Å². The van der Waals surface area contributed by atoms with Gasteiger partial charge in [0, 0.05) is 18.7 Å². The van der Waals surface area contributed by atoms with Gasteiger partial charge in [-0.15, -0.1) is 0 Å². The second-order valence-corrected chi connectivity index (χ2v) is 9.35. The summed E-state index contributed by atoms with van der Waals surface area (Å²) in [5.74, 6) is 0.659. The lowest BCUT2D eigenvalue weighted by molar-refractivity contribution is -0.128. The first-order valence-corrected chi connectivity index (χ1v) is 11.1. The van der Waals surface area contributed by atoms with E-state index >= 15 is 0 Å². The largest absolute Gasteiger partial charge is 0.497 e. The van der Waals surface area contributed by atoms with Crippen LogP contribution in [0.25, 0.3) is 6.08 Å². The molecule has 6 heteroatoms. The Morgan fingerprint density at radius 3 is 2.61 bits per heavy atom. The van der Waals surface area contributed by atoms with Gasteiger partial charge in [-0.1, -0.05) is 42.0 Å². The number of nitrogens with zero attached hydrogens (tertiary/aromatic N) is 1. The molecule has 28 heavy (non-hydrogen) atoms. The molecule has 2 aromatic carbocycles. The first kappa shape index (κ1) is 20.1. The van der Waals surface area contributed by atoms with Crippen molar-refractivity contribution in [3.8, 4) is 5.75 Å². The summed E-state index contributed by atoms with van der Waals surface area (Å²) in [6.07, 6.45) is 3.76. The molecule has 3 rings (SSSR count). The Labute approximate surface area is 166 Å². The van der Waals surface area contributed by atoms with Gasteiger partial charge >= 0.3 is 0 Å². The minimum absolute atomic E-state index is 0.0150. The van der Waals surface area contributed by atoms with E-state index in [0.29, 0.717) is 18.7 Å². The predicted molar refractivity (Wildman–Crippen MR) is 111 cm³/mol. The fourth-order valence-electron chi connectivity index (χ4n) is 3.32. The van der Waals surface area contributed by atoms with E-state index in [1.165, 1.54) is 6.08 Å². The number of ether oxygens (including phenoxy) is 1. The van der Waals surface area contributed by atoms with E-state index in [-0.39, 0.29) is 23.5 Å². The van der Waals surface area contributed by atoms with Crippen LogP contribution >= 0.6 is 0 Å². The molecule has 0 aromatic heterocycles. The molecule has 0 spiro atoms. The van der Waals surface area contributed by atoms with Gasteiger partial charge < -0.3 is 9.64 Å². The number of hydrogen-bond acceptors (Lipinski definition) is 4. The van der Waals surface area contributed by atoms with Gasteiger partial charge in [-0.25, -0.2) is 8.42 Å². The van der Waals surface area contributed by atoms with E-state index in [4.69, 9.17) is 4.74 Å². The Kier molecular flexibility index (Phi) is 6.19. The number of benzene rings is 2. The topological polar surface area (TPSA) is 63.7 Å². The van der Waals surface area contributed by atoms with Crippen molar-refractivity contribution in [1.29, 1.82) is 0 Å². The van der Waals surface area contributed by atoms with Crippen LogP contribution in [0.15, 0.2) is 54.6 Å². The fourth-order valence-corrected chi connectivity index (χ4v) is 5.05. The van der Waals surface area contributed by atoms with Gasteiger partial charge in [0.2, 0.25) is 5.91 Å². The molecule has 0 N–H and O–H groups in total. The molecule has 5 nitrogen and oxygen atoms in total. The standard InChI is InChI=1S/C22H25NO4S/c1-17-6-8-18(9-7-17)10-11-22(24)23(20-12-13-28(25,26)16-20)15-19-4-3-5-21(14-19)27-2/h3-11,14,20H,12-13,15-16H2,1-2H3/b11-10+. The van der Waals surface area contributed by atoms with Gasteiger partial charge in [0.15, 0.2) is 9.84 Å². The number of aryl methyl sites for hydroxylation is 1. The lowest BCUT2D eigenvalue weighted by Gasteiger charge is -2.27. The molecule has 1 fully saturated rings. The van der Waals surface area contributed by atoms with Crippen molar-refractivity contribution >= 4 is 21.8 Å². The molecular formula is C22H25NO4S. The zero-order chi connectivity index (χ0) is 20.1. The summed E-state index contributed by atoms with van der Waals surface area (Å²) in [5, 5.41) is 0. The molecule has 1 aliphatic rings. The predicted octanol–water partition coefficient (Wildman–Crippen LogP) is 3.23. The zero-order valence-electron chi connectivity index (χ0n) is 16.2. The highest BCUT2D eigenvalue weighted by molar-refractivity contribution is 7.91. The molecule has 1 atom stereocenters. The highest BCUT2D eigenvalue weighted by Crippen LogP contribution is 2.22. The van der Waals surface area contributed by atoms with Gasteiger partial charge in [0.1, 0.15) is 5.75 Å². The van der Waals surface area contributed by atoms with Crippen molar-refractivity contribution in [3.63, 3.8) is 0 Å². The van der Waals surface area contributed by atoms with Crippen LogP contribution in [0.4, 0.5) is 0 Å². The second-order valence-electron chi connectivity index (χ2n) is 7.12. The first-order valence-electron chi connectivity index (χ1n) is 9.25. The van der Waals surface area contributed by atoms with Crippen LogP contribution in [-0.4, -0.2) is 43.9 Å². The molecule has 1 amide bonds. The summed E-state index contributed by atoms with van der Waals surface area (Å²) < 4.78 is 29.2. The number of methoxy groups -OCH3 is 1. The van der Waals surface area contributed by atoms with E-state index < -0.39 is 9.84 Å². The Hall–Kier alpha value is -2.60. The monoisotopic (exact) mass is 399 g/mol. The fraction of sp³-hybridized carbons (Fsp3) is 0.318. The lowest BCUT2D eigenvalue weighted by Crippen LogP contribution is -2.39. The van der Waals surface area contributed by atoms with E-state index in [1.807, 2.05) is 55.5 Å². The number of sulfone groups is 1. The Morgan fingerprint density at radius 2 is 1.96 bits per heavy atom. The third kappa shape index (κ3) is 5.23. The molecule has 1 heterocycles. The summed E-state index contributed by atoms with van der Waals surface area (Å²) in [5.41, 5.74) is 2.99. The van der Waals surface area contributed by atoms with Crippen molar-refractivity contribution < 1.29 is 17.9 Å². The third-order valence-corrected chi connectivity index (χ3v) is 6.67. The lowest BCUT2D eigenvalue weighted by atomic mass is 10.1. The van der Waals surface area contributed by atoms with Crippen molar-refractivity contribution in [2.24, 2.45) is 0 Å². The smallest absolute Gasteiger partial charge is 0.247 e. The van der Waals surface area contributed by atoms with Crippen LogP contribution in [0.1, 0.15) is 23.1 Å². The van der Waals surface area contributed by atoms with Gasteiger partial charge in [0.05, 0.1) is 18.6 Å². The van der Waals surface area contributed by atoms with Gasteiger partial charge in [-0.3, -0.25) is 4.79 Å². The maximum absolute atomic E-state index is 13.0. The van der Waals surface area contributed by atoms with Crippen LogP contribution in [0.5, 0.6) is 5.75 Å². The van der Waals surface area contributed by atoms with E-state index in [1.54, 1.807) is 18.1 Å². The molecular weight excluding hydrogens is 374 g/mol. The van der Waals surface area contributed by atoms with Crippen LogP contribution in [0.2, 0.25) is 0 Å². The minimum Gasteiger partial charge on any atom is -0.497 e. The molecule has 1 unspecified atom stereocenters. The van der Waals surface area contributed by atoms with Gasteiger partial charge in [0.25, 0.3) is 0 Å². The molecule has 148 valence electrons. The molecule has 0 bridgehead atoms. The van der Waals surface area contributed by atoms with Crippen LogP contribution in [0.3, 0.4) is 0 Å². The molecule has 0 saturated carbocycles. The number of amides is 1. The highest BCUT2D eigenvalue weighted by atomic mass is 32.2. The molecule has 2 aromatic rings. The Morgan fingerprint density at radius 1 is 1.21 bits per heavy atom. The van der Waals surface area contributed by atoms with E-state index in [2.05, 4.69) is 0 Å². The van der Waals surface area contributed by atoms with Gasteiger partial charge in [-0.2, -0.15) is 0 Å². The highest BCUT2D eigenvalue weighted by Gasteiger charge is 2.34. The Bertz CT molecular complexity index is 964. The zero-order valence-corrected chi connectivity index (χ0v) is 17.0. The van der Waals surface area contributed by atoms with Gasteiger partial charge in [-0.05, 0) is 42.7 Å². The van der Waals surface area contributed by atoms with E-state index in [9.17, 15) is 13.2 Å². The summed E-state index contributed by atoms with van der Waals surface area (Å²) in [6, 6.07) is 15.0. The molecule has 0 aliphatic carbocycles. The average molecular weight is 400 g/mol. The maximum atomic E-state index is 13.0. The van der Waals surface area contributed by atoms with Crippen molar-refractivity contribution in [1.82, 2.24) is 4.90 Å². The molecule has 1 saturated heterocycles. The molecule has 1 aliphatic heterocycles. The Balaban J connectivity index is 1.82. The van der Waals surface area contributed by atoms with Crippen LogP contribution in [-0.2, 0) is 21.2 Å². The summed E-state index contributed by atoms with van der Waals surface area (Å²) >= 11 is 0. The summed E-state index contributed by atoms with van der Waals surface area (Å²) in [7, 11) is -1.50. The minimum atomic E-state index is -3.09. The maximum Gasteiger partial charge on any atom is 0.247 e. The number of carbonyl (C=O) groups is 1. The van der Waals surface area contributed by atoms with Crippen LogP contribution < -0.4 is 4.74 Å². The van der Waals surface area contributed by atoms with Crippen molar-refractivity contribution in [3.05, 3.63) is 71.3 Å². The SMILES string of the molecule is COc1cccc(CN(C(=O)/C=C/c2ccc(C)cc2)C2CCS(=O)(=O)C2)c1. The summed E-state index contributed by atoms with van der Waals surface area (Å²) in [6.45, 7) is 2.35. The number of rotatable bonds is 6. The third-order valence-electron chi connectivity index (χ3n) is 4.92. The first-order chi connectivity index (χ1) is 13.4. The van der Waals surface area contributed by atoms with Crippen molar-refractivity contribution in [2.75, 3.05) is 18.6 Å². The van der Waals surface area contributed by atoms with Crippen molar-refractivity contribution in [2.45, 2.75) is 25.9 Å². The summed E-state index contributed by atoms with van der Waals surface area (Å²) in [4.78, 5) is 14.6. The number of carbonyl (C=O) groups excluding carboxylic acids is 1. The average Bonchev–Trinajstić information content (AvgIpc) is 3.05. The quantitative estimate of drug-likeness (QED) is 0.700. The number of hydrogen-bond donors (Lipinski definition) is 0. The second kappa shape index (κ2) is 8.61. The van der Waals surface area contributed by atoms with E-state index in [0.717, 1.165) is 16.7 Å². The molecule has 0 radical (unpaired) electrons. The normalized spacial score (nSPS) is 18.3.